The van der Waals surface area contributed by atoms with Crippen molar-refractivity contribution in [3.8, 4) is 0 Å². The van der Waals surface area contributed by atoms with Crippen LogP contribution < -0.4 is 0 Å². The van der Waals surface area contributed by atoms with Crippen LogP contribution in [0.5, 0.6) is 0 Å². The fourth-order valence-electron chi connectivity index (χ4n) is 2.52. The van der Waals surface area contributed by atoms with Gasteiger partial charge in [-0.3, -0.25) is 9.48 Å². The van der Waals surface area contributed by atoms with Crippen LogP contribution in [0.2, 0.25) is 0 Å². The average Bonchev–Trinajstić information content (AvgIpc) is 2.64. The summed E-state index contributed by atoms with van der Waals surface area (Å²) >= 11 is 0. The molecule has 0 N–H and O–H groups in total. The SMILES string of the molecule is O=Cc1nn(C2CCC2)c2c1CCC2. The van der Waals surface area contributed by atoms with Gasteiger partial charge in [-0.15, -0.1) is 0 Å². The van der Waals surface area contributed by atoms with Crippen molar-refractivity contribution in [3.05, 3.63) is 17.0 Å². The maximum Gasteiger partial charge on any atom is 0.170 e. The van der Waals surface area contributed by atoms with Crippen molar-refractivity contribution in [2.75, 3.05) is 0 Å². The number of aldehydes is 1. The molecule has 1 aromatic heterocycles. The van der Waals surface area contributed by atoms with Gasteiger partial charge in [-0.1, -0.05) is 0 Å². The van der Waals surface area contributed by atoms with Gasteiger partial charge < -0.3 is 0 Å². The first-order chi connectivity index (χ1) is 6.90. The summed E-state index contributed by atoms with van der Waals surface area (Å²) in [4.78, 5) is 10.8. The first kappa shape index (κ1) is 8.21. The Balaban J connectivity index is 2.06. The molecule has 1 saturated carbocycles. The van der Waals surface area contributed by atoms with Gasteiger partial charge in [0.1, 0.15) is 5.69 Å². The van der Waals surface area contributed by atoms with Gasteiger partial charge >= 0.3 is 0 Å². The van der Waals surface area contributed by atoms with Crippen LogP contribution in [0.1, 0.15) is 53.5 Å². The topological polar surface area (TPSA) is 34.9 Å². The molecule has 2 aliphatic carbocycles. The standard InChI is InChI=1S/C11H14N2O/c14-7-10-9-5-2-6-11(9)13(12-10)8-3-1-4-8/h7-8H,1-6H2. The zero-order valence-electron chi connectivity index (χ0n) is 8.20. The van der Waals surface area contributed by atoms with Crippen molar-refractivity contribution >= 4 is 6.29 Å². The number of hydrogen-bond acceptors (Lipinski definition) is 2. The number of fused-ring (bicyclic) bond motifs is 1. The summed E-state index contributed by atoms with van der Waals surface area (Å²) in [6.45, 7) is 0. The zero-order valence-corrected chi connectivity index (χ0v) is 8.20. The van der Waals surface area contributed by atoms with E-state index < -0.39 is 0 Å². The molecule has 14 heavy (non-hydrogen) atoms. The van der Waals surface area contributed by atoms with Crippen LogP contribution in [0, 0.1) is 0 Å². The first-order valence-electron chi connectivity index (χ1n) is 5.45. The Hall–Kier alpha value is -1.12. The van der Waals surface area contributed by atoms with Crippen LogP contribution in [-0.2, 0) is 12.8 Å². The van der Waals surface area contributed by atoms with E-state index in [0.717, 1.165) is 19.1 Å². The van der Waals surface area contributed by atoms with E-state index in [2.05, 4.69) is 9.78 Å². The maximum absolute atomic E-state index is 10.8. The molecule has 0 saturated heterocycles. The predicted molar refractivity (Wildman–Crippen MR) is 52.5 cm³/mol. The van der Waals surface area contributed by atoms with E-state index in [9.17, 15) is 4.79 Å². The first-order valence-corrected chi connectivity index (χ1v) is 5.45. The van der Waals surface area contributed by atoms with Gasteiger partial charge in [0, 0.05) is 11.3 Å². The fraction of sp³-hybridized carbons (Fsp3) is 0.636. The van der Waals surface area contributed by atoms with Gasteiger partial charge in [-0.25, -0.2) is 0 Å². The molecule has 1 aromatic rings. The minimum Gasteiger partial charge on any atom is -0.296 e. The van der Waals surface area contributed by atoms with E-state index >= 15 is 0 Å². The summed E-state index contributed by atoms with van der Waals surface area (Å²) in [5.41, 5.74) is 3.27. The van der Waals surface area contributed by atoms with E-state index in [1.165, 1.54) is 36.9 Å². The smallest absolute Gasteiger partial charge is 0.170 e. The summed E-state index contributed by atoms with van der Waals surface area (Å²) < 4.78 is 2.13. The lowest BCUT2D eigenvalue weighted by atomic mass is 9.93. The van der Waals surface area contributed by atoms with Gasteiger partial charge in [0.25, 0.3) is 0 Å². The summed E-state index contributed by atoms with van der Waals surface area (Å²) in [6.07, 6.45) is 8.08. The molecule has 0 bridgehead atoms. The fourth-order valence-corrected chi connectivity index (χ4v) is 2.52. The largest absolute Gasteiger partial charge is 0.296 e. The Morgan fingerprint density at radius 2 is 2.14 bits per heavy atom. The van der Waals surface area contributed by atoms with E-state index in [1.807, 2.05) is 0 Å². The number of nitrogens with zero attached hydrogens (tertiary/aromatic N) is 2. The molecule has 0 spiro atoms. The van der Waals surface area contributed by atoms with E-state index in [4.69, 9.17) is 0 Å². The molecule has 0 atom stereocenters. The Kier molecular flexibility index (Phi) is 1.72. The Bertz CT molecular complexity index is 377. The number of hydrogen-bond donors (Lipinski definition) is 0. The van der Waals surface area contributed by atoms with Crippen molar-refractivity contribution in [1.82, 2.24) is 9.78 Å². The Morgan fingerprint density at radius 3 is 2.79 bits per heavy atom. The minimum atomic E-state index is 0.593. The van der Waals surface area contributed by atoms with Crippen LogP contribution in [0.3, 0.4) is 0 Å². The third-order valence-corrected chi connectivity index (χ3v) is 3.52. The van der Waals surface area contributed by atoms with Crippen LogP contribution in [0.25, 0.3) is 0 Å². The molecule has 3 nitrogen and oxygen atoms in total. The highest BCUT2D eigenvalue weighted by atomic mass is 16.1. The molecule has 0 unspecified atom stereocenters. The monoisotopic (exact) mass is 190 g/mol. The Morgan fingerprint density at radius 1 is 1.29 bits per heavy atom. The summed E-state index contributed by atoms with van der Waals surface area (Å²) in [7, 11) is 0. The summed E-state index contributed by atoms with van der Waals surface area (Å²) in [5, 5.41) is 4.42. The average molecular weight is 190 g/mol. The van der Waals surface area contributed by atoms with Crippen molar-refractivity contribution in [2.24, 2.45) is 0 Å². The van der Waals surface area contributed by atoms with E-state index in [-0.39, 0.29) is 0 Å². The van der Waals surface area contributed by atoms with Crippen molar-refractivity contribution in [3.63, 3.8) is 0 Å². The second-order valence-corrected chi connectivity index (χ2v) is 4.31. The molecular weight excluding hydrogens is 176 g/mol. The predicted octanol–water partition coefficient (Wildman–Crippen LogP) is 1.91. The molecule has 1 fully saturated rings. The summed E-state index contributed by atoms with van der Waals surface area (Å²) in [5.74, 6) is 0. The van der Waals surface area contributed by atoms with Crippen LogP contribution in [0.15, 0.2) is 0 Å². The van der Waals surface area contributed by atoms with Gasteiger partial charge in [-0.2, -0.15) is 5.10 Å². The number of aromatic nitrogens is 2. The highest BCUT2D eigenvalue weighted by Crippen LogP contribution is 2.35. The molecule has 0 amide bonds. The molecule has 74 valence electrons. The quantitative estimate of drug-likeness (QED) is 0.668. The van der Waals surface area contributed by atoms with Gasteiger partial charge in [-0.05, 0) is 38.5 Å². The van der Waals surface area contributed by atoms with Crippen molar-refractivity contribution in [2.45, 2.75) is 44.6 Å². The number of rotatable bonds is 2. The van der Waals surface area contributed by atoms with E-state index in [0.29, 0.717) is 11.7 Å². The van der Waals surface area contributed by atoms with Gasteiger partial charge in [0.2, 0.25) is 0 Å². The number of carbonyl (C=O) groups is 1. The second-order valence-electron chi connectivity index (χ2n) is 4.31. The molecule has 0 aromatic carbocycles. The highest BCUT2D eigenvalue weighted by Gasteiger charge is 2.28. The van der Waals surface area contributed by atoms with Gasteiger partial charge in [0.05, 0.1) is 6.04 Å². The highest BCUT2D eigenvalue weighted by molar-refractivity contribution is 5.75. The molecule has 1 heterocycles. The third-order valence-electron chi connectivity index (χ3n) is 3.52. The molecular formula is C11H14N2O. The summed E-state index contributed by atoms with van der Waals surface area (Å²) in [6, 6.07) is 0.593. The lowest BCUT2D eigenvalue weighted by Gasteiger charge is -2.27. The minimum absolute atomic E-state index is 0.593. The van der Waals surface area contributed by atoms with Crippen LogP contribution in [-0.4, -0.2) is 16.1 Å². The van der Waals surface area contributed by atoms with E-state index in [1.54, 1.807) is 0 Å². The lowest BCUT2D eigenvalue weighted by Crippen LogP contribution is -2.20. The van der Waals surface area contributed by atoms with Gasteiger partial charge in [0.15, 0.2) is 6.29 Å². The van der Waals surface area contributed by atoms with Crippen LogP contribution in [0.4, 0.5) is 0 Å². The molecule has 3 heteroatoms. The third kappa shape index (κ3) is 0.982. The maximum atomic E-state index is 10.8. The molecule has 3 rings (SSSR count). The van der Waals surface area contributed by atoms with Crippen molar-refractivity contribution in [1.29, 1.82) is 0 Å². The second kappa shape index (κ2) is 2.94. The normalized spacial score (nSPS) is 20.6. The number of carbonyl (C=O) groups excluding carboxylic acids is 1. The Labute approximate surface area is 83.1 Å². The molecule has 2 aliphatic rings. The molecule has 0 radical (unpaired) electrons. The zero-order chi connectivity index (χ0) is 9.54. The lowest BCUT2D eigenvalue weighted by molar-refractivity contribution is 0.111. The van der Waals surface area contributed by atoms with Crippen molar-refractivity contribution < 1.29 is 4.79 Å². The van der Waals surface area contributed by atoms with Crippen LogP contribution >= 0.6 is 0 Å². The molecule has 0 aliphatic heterocycles.